The summed E-state index contributed by atoms with van der Waals surface area (Å²) in [6.45, 7) is 2.26. The summed E-state index contributed by atoms with van der Waals surface area (Å²) < 4.78 is 52.5. The summed E-state index contributed by atoms with van der Waals surface area (Å²) in [5, 5.41) is 0. The van der Waals surface area contributed by atoms with Gasteiger partial charge in [0.05, 0.1) is 25.4 Å². The number of esters is 2. The van der Waals surface area contributed by atoms with Crippen LogP contribution in [0.3, 0.4) is 0 Å². The number of Topliss-reactive ketones (excluding diaryl/α,β-unsaturated/α-hetero) is 1. The van der Waals surface area contributed by atoms with Gasteiger partial charge >= 0.3 is 18.1 Å². The molecule has 0 amide bonds. The highest BCUT2D eigenvalue weighted by Crippen LogP contribution is 2.23. The number of benzene rings is 3. The van der Waals surface area contributed by atoms with Gasteiger partial charge in [0.25, 0.3) is 0 Å². The van der Waals surface area contributed by atoms with Crippen molar-refractivity contribution >= 4 is 35.2 Å². The van der Waals surface area contributed by atoms with E-state index in [1.807, 2.05) is 0 Å². The van der Waals surface area contributed by atoms with Crippen LogP contribution in [0.25, 0.3) is 6.08 Å². The van der Waals surface area contributed by atoms with Crippen LogP contribution in [0.4, 0.5) is 24.5 Å². The molecule has 0 aliphatic rings. The molecule has 3 aromatic rings. The number of ether oxygens (including phenoxy) is 3. The van der Waals surface area contributed by atoms with Gasteiger partial charge in [-0.2, -0.15) is 13.2 Å². The standard InChI is InChI=1S/C35H39F3N2O6/c1-24-30(39)22-28(23-31(24)40)34(43)46-19-5-3-2-4-18-45-33(42)16-11-25-7-9-26(10-8-25)21-32(41)27-12-14-29(15-13-27)44-20-6-17-35(36,37)38/h7-16,22-23H,2-6,17-21,39-40H2,1H3/b16-11+. The molecule has 11 heteroatoms. The van der Waals surface area contributed by atoms with Gasteiger partial charge < -0.3 is 25.7 Å². The molecule has 0 fully saturated rings. The fourth-order valence-corrected chi connectivity index (χ4v) is 4.30. The molecule has 0 saturated heterocycles. The molecule has 246 valence electrons. The average Bonchev–Trinajstić information content (AvgIpc) is 3.02. The molecule has 8 nitrogen and oxygen atoms in total. The molecular formula is C35H39F3N2O6. The van der Waals surface area contributed by atoms with E-state index in [1.165, 1.54) is 6.08 Å². The molecule has 0 unspecified atom stereocenters. The highest BCUT2D eigenvalue weighted by atomic mass is 19.4. The van der Waals surface area contributed by atoms with Crippen molar-refractivity contribution in [2.75, 3.05) is 31.3 Å². The third-order valence-electron chi connectivity index (χ3n) is 7.05. The van der Waals surface area contributed by atoms with Gasteiger partial charge in [-0.25, -0.2) is 9.59 Å². The number of halogens is 3. The maximum absolute atomic E-state index is 12.6. The molecule has 0 aliphatic heterocycles. The largest absolute Gasteiger partial charge is 0.494 e. The highest BCUT2D eigenvalue weighted by molar-refractivity contribution is 5.97. The number of hydrogen-bond donors (Lipinski definition) is 2. The molecule has 0 atom stereocenters. The lowest BCUT2D eigenvalue weighted by molar-refractivity contribution is -0.138. The Hall–Kier alpha value is -4.80. The van der Waals surface area contributed by atoms with Gasteiger partial charge in [-0.15, -0.1) is 0 Å². The summed E-state index contributed by atoms with van der Waals surface area (Å²) in [5.41, 5.74) is 15.7. The van der Waals surface area contributed by atoms with Crippen molar-refractivity contribution in [3.05, 3.63) is 94.6 Å². The van der Waals surface area contributed by atoms with Crippen molar-refractivity contribution < 1.29 is 41.8 Å². The highest BCUT2D eigenvalue weighted by Gasteiger charge is 2.26. The van der Waals surface area contributed by atoms with E-state index in [0.717, 1.165) is 29.5 Å². The zero-order chi connectivity index (χ0) is 33.5. The van der Waals surface area contributed by atoms with Crippen LogP contribution in [-0.2, 0) is 20.7 Å². The number of carbonyl (C=O) groups is 3. The minimum absolute atomic E-state index is 0.0586. The molecule has 3 aromatic carbocycles. The number of nitrogen functional groups attached to an aromatic ring is 2. The molecule has 0 saturated carbocycles. The van der Waals surface area contributed by atoms with Crippen LogP contribution in [0, 0.1) is 6.92 Å². The molecule has 4 N–H and O–H groups in total. The number of carbonyl (C=O) groups excluding carboxylic acids is 3. The van der Waals surface area contributed by atoms with Crippen LogP contribution < -0.4 is 16.2 Å². The minimum atomic E-state index is -4.21. The number of anilines is 2. The molecule has 0 spiro atoms. The lowest BCUT2D eigenvalue weighted by Gasteiger charge is -2.09. The first-order valence-electron chi connectivity index (χ1n) is 15.0. The second kappa shape index (κ2) is 17.6. The Morgan fingerprint density at radius 1 is 0.761 bits per heavy atom. The first kappa shape index (κ1) is 35.7. The Bertz CT molecular complexity index is 1460. The predicted octanol–water partition coefficient (Wildman–Crippen LogP) is 7.28. The predicted molar refractivity (Wildman–Crippen MR) is 170 cm³/mol. The number of alkyl halides is 3. The normalized spacial score (nSPS) is 11.4. The van der Waals surface area contributed by atoms with Crippen LogP contribution in [-0.4, -0.2) is 43.7 Å². The first-order chi connectivity index (χ1) is 21.9. The van der Waals surface area contributed by atoms with Gasteiger partial charge in [-0.05, 0) is 98.2 Å². The third-order valence-corrected chi connectivity index (χ3v) is 7.05. The van der Waals surface area contributed by atoms with Gasteiger partial charge in [-0.3, -0.25) is 4.79 Å². The zero-order valence-electron chi connectivity index (χ0n) is 25.7. The van der Waals surface area contributed by atoms with E-state index in [0.29, 0.717) is 41.1 Å². The number of nitrogens with two attached hydrogens (primary N) is 2. The molecule has 46 heavy (non-hydrogen) atoms. The fourth-order valence-electron chi connectivity index (χ4n) is 4.30. The van der Waals surface area contributed by atoms with Gasteiger partial charge in [0, 0.05) is 35.9 Å². The summed E-state index contributed by atoms with van der Waals surface area (Å²) in [6.07, 6.45) is 0.861. The lowest BCUT2D eigenvalue weighted by atomic mass is 10.0. The fraction of sp³-hybridized carbons (Fsp3) is 0.343. The van der Waals surface area contributed by atoms with Crippen molar-refractivity contribution in [1.29, 1.82) is 0 Å². The van der Waals surface area contributed by atoms with Gasteiger partial charge in [0.15, 0.2) is 5.78 Å². The number of rotatable bonds is 17. The number of hydrogen-bond acceptors (Lipinski definition) is 8. The van der Waals surface area contributed by atoms with Crippen LogP contribution in [0.15, 0.2) is 66.7 Å². The van der Waals surface area contributed by atoms with E-state index in [4.69, 9.17) is 25.7 Å². The molecule has 0 bridgehead atoms. The Morgan fingerprint density at radius 2 is 1.37 bits per heavy atom. The Kier molecular flexibility index (Phi) is 13.7. The molecule has 0 aromatic heterocycles. The summed E-state index contributed by atoms with van der Waals surface area (Å²) in [5.74, 6) is -0.643. The lowest BCUT2D eigenvalue weighted by Crippen LogP contribution is -2.09. The molecule has 0 heterocycles. The van der Waals surface area contributed by atoms with Crippen molar-refractivity contribution in [3.8, 4) is 5.75 Å². The second-order valence-electron chi connectivity index (χ2n) is 10.8. The van der Waals surface area contributed by atoms with Crippen LogP contribution >= 0.6 is 0 Å². The van der Waals surface area contributed by atoms with Crippen molar-refractivity contribution in [2.45, 2.75) is 58.0 Å². The van der Waals surface area contributed by atoms with Gasteiger partial charge in [0.2, 0.25) is 0 Å². The smallest absolute Gasteiger partial charge is 0.389 e. The van der Waals surface area contributed by atoms with Crippen molar-refractivity contribution in [3.63, 3.8) is 0 Å². The van der Waals surface area contributed by atoms with Crippen LogP contribution in [0.2, 0.25) is 0 Å². The van der Waals surface area contributed by atoms with E-state index in [-0.39, 0.29) is 38.4 Å². The van der Waals surface area contributed by atoms with E-state index in [1.54, 1.807) is 73.7 Å². The maximum Gasteiger partial charge on any atom is 0.389 e. The second-order valence-corrected chi connectivity index (χ2v) is 10.8. The van der Waals surface area contributed by atoms with Gasteiger partial charge in [0.1, 0.15) is 5.75 Å². The maximum atomic E-state index is 12.6. The topological polar surface area (TPSA) is 131 Å². The molecule has 0 aliphatic carbocycles. The summed E-state index contributed by atoms with van der Waals surface area (Å²) in [6, 6.07) is 16.6. The summed E-state index contributed by atoms with van der Waals surface area (Å²) >= 11 is 0. The van der Waals surface area contributed by atoms with E-state index >= 15 is 0 Å². The summed E-state index contributed by atoms with van der Waals surface area (Å²) in [7, 11) is 0. The third kappa shape index (κ3) is 12.7. The monoisotopic (exact) mass is 640 g/mol. The van der Waals surface area contributed by atoms with E-state index < -0.39 is 24.5 Å². The Morgan fingerprint density at radius 3 is 1.98 bits per heavy atom. The zero-order valence-corrected chi connectivity index (χ0v) is 25.7. The van der Waals surface area contributed by atoms with E-state index in [2.05, 4.69) is 0 Å². The van der Waals surface area contributed by atoms with Crippen LogP contribution in [0.5, 0.6) is 5.75 Å². The van der Waals surface area contributed by atoms with Crippen LogP contribution in [0.1, 0.15) is 75.9 Å². The number of ketones is 1. The Labute approximate surface area is 266 Å². The van der Waals surface area contributed by atoms with Gasteiger partial charge in [-0.1, -0.05) is 24.3 Å². The summed E-state index contributed by atoms with van der Waals surface area (Å²) in [4.78, 5) is 36.9. The molecular weight excluding hydrogens is 601 g/mol. The van der Waals surface area contributed by atoms with Crippen molar-refractivity contribution in [1.82, 2.24) is 0 Å². The molecule has 0 radical (unpaired) electrons. The quantitative estimate of drug-likeness (QED) is 0.0518. The number of unbranched alkanes of at least 4 members (excludes halogenated alkanes) is 3. The Balaban J connectivity index is 1.28. The van der Waals surface area contributed by atoms with E-state index in [9.17, 15) is 27.6 Å². The average molecular weight is 641 g/mol. The first-order valence-corrected chi connectivity index (χ1v) is 15.0. The molecule has 3 rings (SSSR count). The minimum Gasteiger partial charge on any atom is -0.494 e. The van der Waals surface area contributed by atoms with Crippen molar-refractivity contribution in [2.24, 2.45) is 0 Å². The SMILES string of the molecule is Cc1c(N)cc(C(=O)OCCCCCCOC(=O)/C=C/c2ccc(CC(=O)c3ccc(OCCCC(F)(F)F)cc3)cc2)cc1N.